The summed E-state index contributed by atoms with van der Waals surface area (Å²) >= 11 is 0. The minimum absolute atomic E-state index is 0.335. The van der Waals surface area contributed by atoms with Crippen LogP contribution in [0.5, 0.6) is 0 Å². The van der Waals surface area contributed by atoms with E-state index in [1.165, 1.54) is 0 Å². The van der Waals surface area contributed by atoms with Crippen LogP contribution in [0.1, 0.15) is 36.7 Å². The average Bonchev–Trinajstić information content (AvgIpc) is 2.28. The number of nitrogens with one attached hydrogen (secondary N) is 1. The van der Waals surface area contributed by atoms with E-state index in [4.69, 9.17) is 5.11 Å². The average molecular weight is 236 g/mol. The van der Waals surface area contributed by atoms with Crippen LogP contribution in [0.15, 0.2) is 4.79 Å². The highest BCUT2D eigenvalue weighted by atomic mass is 16.4. The number of aryl methyl sites for hydroxylation is 1. The lowest BCUT2D eigenvalue weighted by atomic mass is 9.91. The summed E-state index contributed by atoms with van der Waals surface area (Å²) in [7, 11) is 0. The number of aromatic amines is 1. The van der Waals surface area contributed by atoms with E-state index in [-0.39, 0.29) is 5.69 Å². The zero-order valence-electron chi connectivity index (χ0n) is 9.82. The van der Waals surface area contributed by atoms with Gasteiger partial charge in [-0.3, -0.25) is 4.79 Å². The number of hydrogen-bond donors (Lipinski definition) is 2. The molecule has 0 spiro atoms. The molecular formula is C12H16N2O3. The van der Waals surface area contributed by atoms with Crippen LogP contribution in [0.4, 0.5) is 0 Å². The summed E-state index contributed by atoms with van der Waals surface area (Å²) in [5, 5.41) is 8.90. The van der Waals surface area contributed by atoms with Crippen LogP contribution in [0.25, 0.3) is 0 Å². The molecule has 0 aromatic carbocycles. The molecule has 0 saturated heterocycles. The van der Waals surface area contributed by atoms with Crippen molar-refractivity contribution in [3.63, 3.8) is 0 Å². The maximum Gasteiger partial charge on any atom is 0.345 e. The van der Waals surface area contributed by atoms with E-state index in [0.717, 1.165) is 36.9 Å². The molecule has 2 rings (SSSR count). The second-order valence-electron chi connectivity index (χ2n) is 4.60. The van der Waals surface area contributed by atoms with Gasteiger partial charge in [-0.2, -0.15) is 4.98 Å². The number of aromatic nitrogens is 2. The molecule has 5 nitrogen and oxygen atoms in total. The summed E-state index contributed by atoms with van der Waals surface area (Å²) in [5.41, 5.74) is 2.31. The lowest BCUT2D eigenvalue weighted by Gasteiger charge is -2.18. The number of carboxylic acid groups (broad SMARTS) is 1. The van der Waals surface area contributed by atoms with Crippen molar-refractivity contribution in [2.75, 3.05) is 0 Å². The second kappa shape index (κ2) is 4.69. The summed E-state index contributed by atoms with van der Waals surface area (Å²) in [6.45, 7) is 1.64. The third-order valence-corrected chi connectivity index (χ3v) is 3.23. The molecule has 1 aromatic heterocycles. The van der Waals surface area contributed by atoms with Crippen LogP contribution in [-0.2, 0) is 24.1 Å². The van der Waals surface area contributed by atoms with E-state index in [0.29, 0.717) is 12.1 Å². The Balaban J connectivity index is 2.35. The molecular weight excluding hydrogens is 220 g/mol. The van der Waals surface area contributed by atoms with Gasteiger partial charge in [0, 0.05) is 12.1 Å². The van der Waals surface area contributed by atoms with Crippen molar-refractivity contribution < 1.29 is 9.90 Å². The maximum absolute atomic E-state index is 11.4. The van der Waals surface area contributed by atoms with Gasteiger partial charge in [0.15, 0.2) is 0 Å². The molecule has 0 radical (unpaired) electrons. The Bertz CT molecular complexity index is 493. The van der Waals surface area contributed by atoms with Gasteiger partial charge in [0.05, 0.1) is 11.6 Å². The Hall–Kier alpha value is -1.65. The van der Waals surface area contributed by atoms with Gasteiger partial charge in [-0.1, -0.05) is 6.92 Å². The fourth-order valence-electron chi connectivity index (χ4n) is 2.26. The van der Waals surface area contributed by atoms with Crippen LogP contribution >= 0.6 is 0 Å². The first-order valence-corrected chi connectivity index (χ1v) is 5.91. The predicted molar refractivity (Wildman–Crippen MR) is 62.0 cm³/mol. The summed E-state index contributed by atoms with van der Waals surface area (Å²) in [5.74, 6) is -1.35. The Morgan fingerprint density at radius 3 is 2.88 bits per heavy atom. The highest BCUT2D eigenvalue weighted by molar-refractivity contribution is 5.69. The molecule has 0 fully saturated rings. The fraction of sp³-hybridized carbons (Fsp3) is 0.583. The van der Waals surface area contributed by atoms with E-state index in [1.807, 2.05) is 0 Å². The Labute approximate surface area is 98.9 Å². The van der Waals surface area contributed by atoms with Gasteiger partial charge >= 0.3 is 11.7 Å². The molecule has 0 bridgehead atoms. The van der Waals surface area contributed by atoms with Crippen LogP contribution in [-0.4, -0.2) is 21.0 Å². The van der Waals surface area contributed by atoms with E-state index >= 15 is 0 Å². The summed E-state index contributed by atoms with van der Waals surface area (Å²) < 4.78 is 0. The second-order valence-corrected chi connectivity index (χ2v) is 4.60. The van der Waals surface area contributed by atoms with Crippen LogP contribution < -0.4 is 5.69 Å². The van der Waals surface area contributed by atoms with Crippen molar-refractivity contribution >= 4 is 5.97 Å². The minimum Gasteiger partial charge on any atom is -0.481 e. The Morgan fingerprint density at radius 2 is 2.18 bits per heavy atom. The topological polar surface area (TPSA) is 83.0 Å². The van der Waals surface area contributed by atoms with Gasteiger partial charge in [-0.15, -0.1) is 0 Å². The highest BCUT2D eigenvalue weighted by Crippen LogP contribution is 2.22. The summed E-state index contributed by atoms with van der Waals surface area (Å²) in [6.07, 6.45) is 4.24. The van der Waals surface area contributed by atoms with Crippen molar-refractivity contribution in [1.29, 1.82) is 0 Å². The number of nitrogens with zero attached hydrogens (tertiary/aromatic N) is 1. The Kier molecular flexibility index (Phi) is 3.26. The third kappa shape index (κ3) is 2.54. The van der Waals surface area contributed by atoms with Crippen molar-refractivity contribution in [2.45, 2.75) is 39.0 Å². The molecule has 1 unspecified atom stereocenters. The number of carboxylic acids is 1. The molecule has 17 heavy (non-hydrogen) atoms. The highest BCUT2D eigenvalue weighted by Gasteiger charge is 2.20. The van der Waals surface area contributed by atoms with Crippen LogP contribution in [0.2, 0.25) is 0 Å². The number of hydrogen-bond acceptors (Lipinski definition) is 3. The normalized spacial score (nSPS) is 16.3. The molecule has 92 valence electrons. The quantitative estimate of drug-likeness (QED) is 0.817. The molecule has 0 amide bonds. The maximum atomic E-state index is 11.4. The van der Waals surface area contributed by atoms with Crippen molar-refractivity contribution in [1.82, 2.24) is 9.97 Å². The smallest absolute Gasteiger partial charge is 0.345 e. The molecule has 5 heteroatoms. The van der Waals surface area contributed by atoms with E-state index < -0.39 is 11.9 Å². The van der Waals surface area contributed by atoms with Crippen LogP contribution in [0, 0.1) is 5.92 Å². The van der Waals surface area contributed by atoms with Crippen molar-refractivity contribution in [2.24, 2.45) is 5.92 Å². The molecule has 1 atom stereocenters. The predicted octanol–water partition coefficient (Wildman–Crippen LogP) is 0.912. The van der Waals surface area contributed by atoms with Crippen LogP contribution in [0.3, 0.4) is 0 Å². The van der Waals surface area contributed by atoms with Gasteiger partial charge in [-0.05, 0) is 31.2 Å². The van der Waals surface area contributed by atoms with E-state index in [9.17, 15) is 9.59 Å². The van der Waals surface area contributed by atoms with Gasteiger partial charge < -0.3 is 10.1 Å². The van der Waals surface area contributed by atoms with E-state index in [2.05, 4.69) is 9.97 Å². The monoisotopic (exact) mass is 236 g/mol. The zero-order chi connectivity index (χ0) is 12.4. The molecule has 0 aliphatic heterocycles. The number of H-pyrrole nitrogens is 1. The number of carbonyl (C=O) groups is 1. The minimum atomic E-state index is -0.850. The van der Waals surface area contributed by atoms with Gasteiger partial charge in [0.2, 0.25) is 0 Å². The lowest BCUT2D eigenvalue weighted by molar-refractivity contribution is -0.141. The molecule has 1 aliphatic carbocycles. The first-order valence-electron chi connectivity index (χ1n) is 5.91. The molecule has 2 N–H and O–H groups in total. The number of aliphatic carboxylic acids is 1. The van der Waals surface area contributed by atoms with Gasteiger partial charge in [-0.25, -0.2) is 4.79 Å². The van der Waals surface area contributed by atoms with Gasteiger partial charge in [0.25, 0.3) is 0 Å². The SMILES string of the molecule is CC(Cc1nc(=O)[nH]c2c1CCCC2)C(=O)O. The zero-order valence-corrected chi connectivity index (χ0v) is 9.82. The number of fused-ring (bicyclic) bond motifs is 1. The standard InChI is InChI=1S/C12H16N2O3/c1-7(11(15)16)6-10-8-4-2-3-5-9(8)13-12(17)14-10/h7H,2-6H2,1H3,(H,15,16)(H,13,14,17). The Morgan fingerprint density at radius 1 is 1.47 bits per heavy atom. The van der Waals surface area contributed by atoms with Crippen molar-refractivity contribution in [3.05, 3.63) is 27.4 Å². The fourth-order valence-corrected chi connectivity index (χ4v) is 2.26. The van der Waals surface area contributed by atoms with E-state index in [1.54, 1.807) is 6.92 Å². The number of rotatable bonds is 3. The third-order valence-electron chi connectivity index (χ3n) is 3.23. The first kappa shape index (κ1) is 11.8. The summed E-state index contributed by atoms with van der Waals surface area (Å²) in [6, 6.07) is 0. The summed E-state index contributed by atoms with van der Waals surface area (Å²) in [4.78, 5) is 28.9. The molecule has 1 heterocycles. The largest absolute Gasteiger partial charge is 0.481 e. The molecule has 1 aliphatic rings. The van der Waals surface area contributed by atoms with Gasteiger partial charge in [0.1, 0.15) is 0 Å². The first-order chi connectivity index (χ1) is 8.08. The van der Waals surface area contributed by atoms with Crippen molar-refractivity contribution in [3.8, 4) is 0 Å². The molecule has 1 aromatic rings. The lowest BCUT2D eigenvalue weighted by Crippen LogP contribution is -2.24. The molecule has 0 saturated carbocycles.